The lowest BCUT2D eigenvalue weighted by Crippen LogP contribution is -2.06. The minimum atomic E-state index is -3.85. The second-order valence-electron chi connectivity index (χ2n) is 6.00. The maximum Gasteiger partial charge on any atom is 0.264 e. The Labute approximate surface area is 141 Å². The third-order valence-electron chi connectivity index (χ3n) is 3.81. The molecule has 0 aromatic heterocycles. The van der Waals surface area contributed by atoms with Crippen LogP contribution in [0.1, 0.15) is 63.9 Å². The average Bonchev–Trinajstić information content (AvgIpc) is 2.51. The second kappa shape index (κ2) is 11.5. The molecule has 132 valence electrons. The molecule has 0 saturated carbocycles. The van der Waals surface area contributed by atoms with Gasteiger partial charge < -0.3 is 4.74 Å². The molecular weight excluding hydrogens is 312 g/mol. The molecule has 1 aromatic rings. The standard InChI is InChI=1S/C18H30O4S/c1-2-3-4-5-6-7-10-17-11-13-18(14-12-17)22-15-8-9-16-23(19,20)21/h11-14H,2-10,15-16H2,1H3,(H,19,20,21). The highest BCUT2D eigenvalue weighted by Gasteiger charge is 2.03. The minimum absolute atomic E-state index is 0.201. The molecule has 0 radical (unpaired) electrons. The molecule has 1 rings (SSSR count). The monoisotopic (exact) mass is 342 g/mol. The molecule has 0 saturated heterocycles. The van der Waals surface area contributed by atoms with Gasteiger partial charge in [0.25, 0.3) is 10.1 Å². The fourth-order valence-electron chi connectivity index (χ4n) is 2.44. The van der Waals surface area contributed by atoms with Gasteiger partial charge in [0.2, 0.25) is 0 Å². The van der Waals surface area contributed by atoms with Gasteiger partial charge in [0.1, 0.15) is 5.75 Å². The first-order valence-corrected chi connectivity index (χ1v) is 10.3. The Morgan fingerprint density at radius 3 is 2.22 bits per heavy atom. The zero-order valence-electron chi connectivity index (χ0n) is 14.2. The summed E-state index contributed by atoms with van der Waals surface area (Å²) in [5.41, 5.74) is 1.33. The molecule has 0 aliphatic heterocycles. The van der Waals surface area contributed by atoms with Crippen LogP contribution >= 0.6 is 0 Å². The maximum atomic E-state index is 10.6. The van der Waals surface area contributed by atoms with E-state index in [1.54, 1.807) is 0 Å². The first kappa shape index (κ1) is 20.0. The van der Waals surface area contributed by atoms with Crippen molar-refractivity contribution in [3.8, 4) is 5.75 Å². The van der Waals surface area contributed by atoms with E-state index in [0.717, 1.165) is 12.2 Å². The van der Waals surface area contributed by atoms with Crippen LogP contribution in [0, 0.1) is 0 Å². The molecule has 0 aliphatic rings. The molecule has 0 fully saturated rings. The normalized spacial score (nSPS) is 11.6. The number of unbranched alkanes of at least 4 members (excludes halogenated alkanes) is 6. The molecule has 1 N–H and O–H groups in total. The average molecular weight is 343 g/mol. The summed E-state index contributed by atoms with van der Waals surface area (Å²) in [6, 6.07) is 8.13. The smallest absolute Gasteiger partial charge is 0.264 e. The summed E-state index contributed by atoms with van der Waals surface area (Å²) >= 11 is 0. The molecule has 0 amide bonds. The van der Waals surface area contributed by atoms with Gasteiger partial charge >= 0.3 is 0 Å². The molecule has 23 heavy (non-hydrogen) atoms. The first-order valence-electron chi connectivity index (χ1n) is 8.68. The van der Waals surface area contributed by atoms with Crippen LogP contribution in [0.5, 0.6) is 5.75 Å². The Morgan fingerprint density at radius 1 is 0.913 bits per heavy atom. The Hall–Kier alpha value is -1.07. The summed E-state index contributed by atoms with van der Waals surface area (Å²) in [6.45, 7) is 2.70. The second-order valence-corrected chi connectivity index (χ2v) is 7.58. The van der Waals surface area contributed by atoms with Gasteiger partial charge in [-0.25, -0.2) is 0 Å². The van der Waals surface area contributed by atoms with Crippen molar-refractivity contribution in [2.45, 2.75) is 64.7 Å². The molecule has 0 aliphatic carbocycles. The molecule has 0 atom stereocenters. The van der Waals surface area contributed by atoms with E-state index in [2.05, 4.69) is 19.1 Å². The van der Waals surface area contributed by atoms with Gasteiger partial charge in [-0.05, 0) is 43.4 Å². The van der Waals surface area contributed by atoms with Gasteiger partial charge in [0.05, 0.1) is 12.4 Å². The van der Waals surface area contributed by atoms with Gasteiger partial charge in [0, 0.05) is 0 Å². The van der Waals surface area contributed by atoms with Crippen LogP contribution < -0.4 is 4.74 Å². The van der Waals surface area contributed by atoms with E-state index in [1.165, 1.54) is 44.1 Å². The largest absolute Gasteiger partial charge is 0.494 e. The molecule has 1 aromatic carbocycles. The van der Waals surface area contributed by atoms with Crippen LogP contribution in [-0.4, -0.2) is 25.3 Å². The molecular formula is C18H30O4S. The highest BCUT2D eigenvalue weighted by Crippen LogP contribution is 2.15. The third kappa shape index (κ3) is 11.2. The Kier molecular flexibility index (Phi) is 9.96. The summed E-state index contributed by atoms with van der Waals surface area (Å²) < 4.78 is 35.3. The van der Waals surface area contributed by atoms with Crippen molar-refractivity contribution in [2.75, 3.05) is 12.4 Å². The molecule has 0 bridgehead atoms. The summed E-state index contributed by atoms with van der Waals surface area (Å²) in [6.07, 6.45) is 9.98. The van der Waals surface area contributed by atoms with E-state index in [1.807, 2.05) is 12.1 Å². The lowest BCUT2D eigenvalue weighted by molar-refractivity contribution is 0.309. The highest BCUT2D eigenvalue weighted by molar-refractivity contribution is 7.85. The van der Waals surface area contributed by atoms with Crippen LogP contribution in [0.15, 0.2) is 24.3 Å². The van der Waals surface area contributed by atoms with Crippen LogP contribution in [-0.2, 0) is 16.5 Å². The van der Waals surface area contributed by atoms with Crippen molar-refractivity contribution in [3.63, 3.8) is 0 Å². The Bertz CT molecular complexity index is 508. The van der Waals surface area contributed by atoms with Crippen molar-refractivity contribution in [3.05, 3.63) is 29.8 Å². The quantitative estimate of drug-likeness (QED) is 0.419. The van der Waals surface area contributed by atoms with Crippen molar-refractivity contribution in [2.24, 2.45) is 0 Å². The number of aryl methyl sites for hydroxylation is 1. The molecule has 5 heteroatoms. The highest BCUT2D eigenvalue weighted by atomic mass is 32.2. The van der Waals surface area contributed by atoms with Gasteiger partial charge in [-0.15, -0.1) is 0 Å². The number of hydrogen-bond donors (Lipinski definition) is 1. The van der Waals surface area contributed by atoms with Crippen LogP contribution in [0.2, 0.25) is 0 Å². The number of benzene rings is 1. The van der Waals surface area contributed by atoms with Crippen molar-refractivity contribution in [1.82, 2.24) is 0 Å². The van der Waals surface area contributed by atoms with E-state index in [9.17, 15) is 8.42 Å². The Balaban J connectivity index is 2.13. The predicted octanol–water partition coefficient (Wildman–Crippen LogP) is 4.64. The zero-order chi connectivity index (χ0) is 17.0. The molecule has 4 nitrogen and oxygen atoms in total. The number of rotatable bonds is 13. The van der Waals surface area contributed by atoms with E-state index in [0.29, 0.717) is 19.4 Å². The van der Waals surface area contributed by atoms with Crippen LogP contribution in [0.4, 0.5) is 0 Å². The number of ether oxygens (including phenoxy) is 1. The zero-order valence-corrected chi connectivity index (χ0v) is 15.0. The maximum absolute atomic E-state index is 10.6. The Morgan fingerprint density at radius 2 is 1.57 bits per heavy atom. The van der Waals surface area contributed by atoms with Gasteiger partial charge in [-0.1, -0.05) is 51.2 Å². The fourth-order valence-corrected chi connectivity index (χ4v) is 3.01. The van der Waals surface area contributed by atoms with E-state index in [-0.39, 0.29) is 5.75 Å². The van der Waals surface area contributed by atoms with Crippen LogP contribution in [0.3, 0.4) is 0 Å². The molecule has 0 heterocycles. The van der Waals surface area contributed by atoms with Crippen molar-refractivity contribution >= 4 is 10.1 Å². The van der Waals surface area contributed by atoms with Gasteiger partial charge in [0.15, 0.2) is 0 Å². The van der Waals surface area contributed by atoms with Crippen LogP contribution in [0.25, 0.3) is 0 Å². The van der Waals surface area contributed by atoms with E-state index in [4.69, 9.17) is 9.29 Å². The lowest BCUT2D eigenvalue weighted by atomic mass is 10.0. The first-order chi connectivity index (χ1) is 11.0. The minimum Gasteiger partial charge on any atom is -0.494 e. The van der Waals surface area contributed by atoms with Gasteiger partial charge in [-0.3, -0.25) is 4.55 Å². The number of hydrogen-bond acceptors (Lipinski definition) is 3. The predicted molar refractivity (Wildman–Crippen MR) is 94.7 cm³/mol. The van der Waals surface area contributed by atoms with Gasteiger partial charge in [-0.2, -0.15) is 8.42 Å². The van der Waals surface area contributed by atoms with Crippen molar-refractivity contribution < 1.29 is 17.7 Å². The summed E-state index contributed by atoms with van der Waals surface area (Å²) in [4.78, 5) is 0. The fraction of sp³-hybridized carbons (Fsp3) is 0.667. The van der Waals surface area contributed by atoms with E-state index < -0.39 is 10.1 Å². The van der Waals surface area contributed by atoms with Crippen molar-refractivity contribution in [1.29, 1.82) is 0 Å². The SMILES string of the molecule is CCCCCCCCc1ccc(OCCCCS(=O)(=O)O)cc1. The van der Waals surface area contributed by atoms with E-state index >= 15 is 0 Å². The third-order valence-corrected chi connectivity index (χ3v) is 4.61. The summed E-state index contributed by atoms with van der Waals surface area (Å²) in [7, 11) is -3.85. The molecule has 0 spiro atoms. The lowest BCUT2D eigenvalue weighted by Gasteiger charge is -2.07. The summed E-state index contributed by atoms with van der Waals surface area (Å²) in [5.74, 6) is 0.608. The molecule has 0 unspecified atom stereocenters. The summed E-state index contributed by atoms with van der Waals surface area (Å²) in [5, 5.41) is 0. The topological polar surface area (TPSA) is 63.6 Å².